The first-order valence-corrected chi connectivity index (χ1v) is 7.83. The molecule has 3 nitrogen and oxygen atoms in total. The van der Waals surface area contributed by atoms with Crippen LogP contribution in [0.4, 0.5) is 0 Å². The van der Waals surface area contributed by atoms with Gasteiger partial charge >= 0.3 is 0 Å². The maximum absolute atomic E-state index is 12.5. The zero-order chi connectivity index (χ0) is 14.4. The summed E-state index contributed by atoms with van der Waals surface area (Å²) in [6, 6.07) is 7.56. The van der Waals surface area contributed by atoms with Crippen molar-refractivity contribution in [1.29, 1.82) is 0 Å². The third kappa shape index (κ3) is 3.97. The number of likely N-dealkylation sites (tertiary alicyclic amines) is 1. The summed E-state index contributed by atoms with van der Waals surface area (Å²) in [5.41, 5.74) is 1.70. The SMILES string of the molecule is CCCOC1CCCN(C(=O)c2cccc(CCl)c2)C1. The van der Waals surface area contributed by atoms with Crippen LogP contribution in [0.15, 0.2) is 24.3 Å². The summed E-state index contributed by atoms with van der Waals surface area (Å²) < 4.78 is 5.78. The highest BCUT2D eigenvalue weighted by molar-refractivity contribution is 6.17. The first kappa shape index (κ1) is 15.3. The van der Waals surface area contributed by atoms with E-state index in [0.717, 1.165) is 43.5 Å². The maximum Gasteiger partial charge on any atom is 0.253 e. The van der Waals surface area contributed by atoms with Gasteiger partial charge in [0.05, 0.1) is 6.10 Å². The van der Waals surface area contributed by atoms with Gasteiger partial charge in [0.15, 0.2) is 0 Å². The van der Waals surface area contributed by atoms with Gasteiger partial charge in [-0.05, 0) is 37.0 Å². The molecular weight excluding hydrogens is 274 g/mol. The minimum atomic E-state index is 0.0850. The van der Waals surface area contributed by atoms with Crippen LogP contribution in [0.5, 0.6) is 0 Å². The highest BCUT2D eigenvalue weighted by atomic mass is 35.5. The van der Waals surface area contributed by atoms with E-state index >= 15 is 0 Å². The first-order valence-electron chi connectivity index (χ1n) is 7.30. The molecule has 20 heavy (non-hydrogen) atoms. The summed E-state index contributed by atoms with van der Waals surface area (Å²) in [7, 11) is 0. The van der Waals surface area contributed by atoms with Gasteiger partial charge in [0.2, 0.25) is 0 Å². The second-order valence-corrected chi connectivity index (χ2v) is 5.49. The van der Waals surface area contributed by atoms with Gasteiger partial charge in [-0.15, -0.1) is 11.6 Å². The number of ether oxygens (including phenoxy) is 1. The predicted octanol–water partition coefficient (Wildman–Crippen LogP) is 3.46. The molecule has 0 N–H and O–H groups in total. The van der Waals surface area contributed by atoms with E-state index in [1.807, 2.05) is 29.2 Å². The lowest BCUT2D eigenvalue weighted by Crippen LogP contribution is -2.43. The van der Waals surface area contributed by atoms with Gasteiger partial charge in [0.25, 0.3) is 5.91 Å². The highest BCUT2D eigenvalue weighted by Gasteiger charge is 2.24. The van der Waals surface area contributed by atoms with E-state index in [1.165, 1.54) is 0 Å². The lowest BCUT2D eigenvalue weighted by molar-refractivity contribution is 0.00211. The van der Waals surface area contributed by atoms with Crippen LogP contribution in [-0.2, 0) is 10.6 Å². The van der Waals surface area contributed by atoms with Crippen LogP contribution < -0.4 is 0 Å². The summed E-state index contributed by atoms with van der Waals surface area (Å²) in [5, 5.41) is 0. The fourth-order valence-corrected chi connectivity index (χ4v) is 2.68. The van der Waals surface area contributed by atoms with Gasteiger partial charge in [-0.1, -0.05) is 19.1 Å². The molecule has 0 bridgehead atoms. The van der Waals surface area contributed by atoms with Crippen LogP contribution in [-0.4, -0.2) is 36.6 Å². The van der Waals surface area contributed by atoms with E-state index in [2.05, 4.69) is 6.92 Å². The molecule has 1 aliphatic rings. The molecule has 1 amide bonds. The van der Waals surface area contributed by atoms with Crippen molar-refractivity contribution >= 4 is 17.5 Å². The fraction of sp³-hybridized carbons (Fsp3) is 0.562. The molecular formula is C16H22ClNO2. The van der Waals surface area contributed by atoms with Crippen LogP contribution in [0.3, 0.4) is 0 Å². The Bertz CT molecular complexity index is 450. The number of benzene rings is 1. The van der Waals surface area contributed by atoms with Crippen molar-refractivity contribution in [2.45, 2.75) is 38.2 Å². The van der Waals surface area contributed by atoms with Crippen molar-refractivity contribution < 1.29 is 9.53 Å². The molecule has 0 spiro atoms. The molecule has 4 heteroatoms. The van der Waals surface area contributed by atoms with Crippen LogP contribution in [0.2, 0.25) is 0 Å². The third-order valence-corrected chi connectivity index (χ3v) is 3.86. The van der Waals surface area contributed by atoms with Crippen molar-refractivity contribution in [2.24, 2.45) is 0 Å². The van der Waals surface area contributed by atoms with Crippen LogP contribution >= 0.6 is 11.6 Å². The third-order valence-electron chi connectivity index (χ3n) is 3.55. The molecule has 0 aromatic heterocycles. The first-order chi connectivity index (χ1) is 9.74. The molecule has 1 heterocycles. The molecule has 1 unspecified atom stereocenters. The zero-order valence-corrected chi connectivity index (χ0v) is 12.7. The van der Waals surface area contributed by atoms with Gasteiger partial charge in [-0.2, -0.15) is 0 Å². The zero-order valence-electron chi connectivity index (χ0n) is 12.0. The molecule has 1 aliphatic heterocycles. The Morgan fingerprint density at radius 3 is 3.10 bits per heavy atom. The number of halogens is 1. The van der Waals surface area contributed by atoms with Crippen LogP contribution in [0, 0.1) is 0 Å². The van der Waals surface area contributed by atoms with E-state index in [4.69, 9.17) is 16.3 Å². The number of hydrogen-bond donors (Lipinski definition) is 0. The molecule has 2 rings (SSSR count). The molecule has 0 aliphatic carbocycles. The number of rotatable bonds is 5. The number of piperidine rings is 1. The summed E-state index contributed by atoms with van der Waals surface area (Å²) in [6.45, 7) is 4.39. The number of carbonyl (C=O) groups excluding carboxylic acids is 1. The summed E-state index contributed by atoms with van der Waals surface area (Å²) in [5.74, 6) is 0.519. The van der Waals surface area contributed by atoms with Crippen molar-refractivity contribution in [3.05, 3.63) is 35.4 Å². The Hall–Kier alpha value is -1.06. The molecule has 1 aromatic rings. The van der Waals surface area contributed by atoms with Gasteiger partial charge in [-0.3, -0.25) is 4.79 Å². The maximum atomic E-state index is 12.5. The fourth-order valence-electron chi connectivity index (χ4n) is 2.51. The average Bonchev–Trinajstić information content (AvgIpc) is 2.52. The lowest BCUT2D eigenvalue weighted by Gasteiger charge is -2.32. The Balaban J connectivity index is 2.00. The Morgan fingerprint density at radius 1 is 1.50 bits per heavy atom. The van der Waals surface area contributed by atoms with Gasteiger partial charge < -0.3 is 9.64 Å². The van der Waals surface area contributed by atoms with E-state index < -0.39 is 0 Å². The topological polar surface area (TPSA) is 29.5 Å². The number of alkyl halides is 1. The monoisotopic (exact) mass is 295 g/mol. The number of amides is 1. The Kier molecular flexibility index (Phi) is 5.86. The van der Waals surface area contributed by atoms with Crippen molar-refractivity contribution in [2.75, 3.05) is 19.7 Å². The smallest absolute Gasteiger partial charge is 0.253 e. The second-order valence-electron chi connectivity index (χ2n) is 5.22. The largest absolute Gasteiger partial charge is 0.376 e. The quantitative estimate of drug-likeness (QED) is 0.779. The van der Waals surface area contributed by atoms with E-state index in [9.17, 15) is 4.79 Å². The predicted molar refractivity (Wildman–Crippen MR) is 81.2 cm³/mol. The molecule has 1 aromatic carbocycles. The van der Waals surface area contributed by atoms with E-state index in [0.29, 0.717) is 12.4 Å². The van der Waals surface area contributed by atoms with Crippen molar-refractivity contribution in [3.8, 4) is 0 Å². The minimum Gasteiger partial charge on any atom is -0.376 e. The van der Waals surface area contributed by atoms with Crippen LogP contribution in [0.1, 0.15) is 42.1 Å². The Morgan fingerprint density at radius 2 is 2.35 bits per heavy atom. The Labute approximate surface area is 125 Å². The van der Waals surface area contributed by atoms with Crippen molar-refractivity contribution in [1.82, 2.24) is 4.90 Å². The normalized spacial score (nSPS) is 19.1. The molecule has 1 atom stereocenters. The lowest BCUT2D eigenvalue weighted by atomic mass is 10.1. The van der Waals surface area contributed by atoms with Gasteiger partial charge in [-0.25, -0.2) is 0 Å². The van der Waals surface area contributed by atoms with E-state index in [1.54, 1.807) is 0 Å². The molecule has 1 saturated heterocycles. The summed E-state index contributed by atoms with van der Waals surface area (Å²) in [4.78, 5) is 14.4. The average molecular weight is 296 g/mol. The van der Waals surface area contributed by atoms with E-state index in [-0.39, 0.29) is 12.0 Å². The number of hydrogen-bond acceptors (Lipinski definition) is 2. The molecule has 0 radical (unpaired) electrons. The highest BCUT2D eigenvalue weighted by Crippen LogP contribution is 2.17. The standard InChI is InChI=1S/C16H22ClNO2/c1-2-9-20-15-7-4-8-18(12-15)16(19)14-6-3-5-13(10-14)11-17/h3,5-6,10,15H,2,4,7-9,11-12H2,1H3. The van der Waals surface area contributed by atoms with Crippen LogP contribution in [0.25, 0.3) is 0 Å². The molecule has 110 valence electrons. The summed E-state index contributed by atoms with van der Waals surface area (Å²) >= 11 is 5.82. The molecule has 1 fully saturated rings. The molecule has 0 saturated carbocycles. The summed E-state index contributed by atoms with van der Waals surface area (Å²) in [6.07, 6.45) is 3.26. The van der Waals surface area contributed by atoms with Gasteiger partial charge in [0, 0.05) is 31.1 Å². The van der Waals surface area contributed by atoms with Gasteiger partial charge in [0.1, 0.15) is 0 Å². The van der Waals surface area contributed by atoms with Crippen molar-refractivity contribution in [3.63, 3.8) is 0 Å². The number of nitrogens with zero attached hydrogens (tertiary/aromatic N) is 1. The number of carbonyl (C=O) groups is 1. The second kappa shape index (κ2) is 7.65. The minimum absolute atomic E-state index is 0.0850.